The monoisotopic (exact) mass is 284 g/mol. The molecule has 18 heavy (non-hydrogen) atoms. The molecule has 2 bridgehead atoms. The van der Waals surface area contributed by atoms with E-state index < -0.39 is 51.7 Å². The van der Waals surface area contributed by atoms with E-state index in [1.54, 1.807) is 0 Å². The number of ether oxygens (including phenoxy) is 2. The Morgan fingerprint density at radius 1 is 1.39 bits per heavy atom. The zero-order valence-electron chi connectivity index (χ0n) is 9.21. The van der Waals surface area contributed by atoms with Crippen LogP contribution in [0.5, 0.6) is 0 Å². The predicted octanol–water partition coefficient (Wildman–Crippen LogP) is -0.178. The molecule has 0 spiro atoms. The van der Waals surface area contributed by atoms with Crippen molar-refractivity contribution in [3.63, 3.8) is 0 Å². The molecule has 0 amide bonds. The fraction of sp³-hybridized carbons (Fsp3) is 0.889. The first kappa shape index (κ1) is 12.2. The lowest BCUT2D eigenvalue weighted by atomic mass is 9.94. The summed E-state index contributed by atoms with van der Waals surface area (Å²) < 4.78 is 63.2. The summed E-state index contributed by atoms with van der Waals surface area (Å²) in [5.41, 5.74) is 0. The maximum Gasteiger partial charge on any atom is 0.377 e. The quantitative estimate of drug-likeness (QED) is 0.517. The van der Waals surface area contributed by atoms with Crippen molar-refractivity contribution in [2.75, 3.05) is 0 Å². The molecule has 5 unspecified atom stereocenters. The highest BCUT2D eigenvalue weighted by atomic mass is 32.2. The van der Waals surface area contributed by atoms with Gasteiger partial charge in [-0.25, -0.2) is 4.79 Å². The molecule has 102 valence electrons. The number of carbonyl (C=O) groups excluding carboxylic acids is 1. The van der Waals surface area contributed by atoms with E-state index in [1.807, 2.05) is 0 Å². The van der Waals surface area contributed by atoms with Crippen LogP contribution in [0.15, 0.2) is 0 Å². The van der Waals surface area contributed by atoms with Gasteiger partial charge in [-0.3, -0.25) is 4.18 Å². The zero-order chi connectivity index (χ0) is 13.3. The van der Waals surface area contributed by atoms with Crippen LogP contribution in [-0.2, 0) is 28.6 Å². The smallest absolute Gasteiger partial charge is 0.377 e. The first-order valence-corrected chi connectivity index (χ1v) is 6.84. The standard InChI is InChI=1S/C9H10F2O6S/c1-9(10,11)8(12)16-5-3-2-4-6(15-3)7(5)17-18(4,13)14/h3-7H,2H2,1H3. The van der Waals surface area contributed by atoms with Gasteiger partial charge in [0.25, 0.3) is 10.1 Å². The summed E-state index contributed by atoms with van der Waals surface area (Å²) in [7, 11) is -3.74. The third-order valence-electron chi connectivity index (χ3n) is 3.39. The van der Waals surface area contributed by atoms with Crippen molar-refractivity contribution in [2.24, 2.45) is 0 Å². The van der Waals surface area contributed by atoms with Gasteiger partial charge in [0.1, 0.15) is 17.5 Å². The predicted molar refractivity (Wildman–Crippen MR) is 51.4 cm³/mol. The van der Waals surface area contributed by atoms with E-state index in [9.17, 15) is 22.0 Å². The Kier molecular flexibility index (Phi) is 2.31. The molecule has 6 nitrogen and oxygen atoms in total. The molecule has 9 heteroatoms. The van der Waals surface area contributed by atoms with Crippen LogP contribution in [0, 0.1) is 0 Å². The first-order valence-electron chi connectivity index (χ1n) is 5.36. The molecular formula is C9H10F2O6S. The van der Waals surface area contributed by atoms with E-state index in [-0.39, 0.29) is 6.42 Å². The maximum absolute atomic E-state index is 12.7. The Hall–Kier alpha value is -0.800. The minimum Gasteiger partial charge on any atom is -0.452 e. The fourth-order valence-electron chi connectivity index (χ4n) is 2.60. The third-order valence-corrected chi connectivity index (χ3v) is 5.09. The van der Waals surface area contributed by atoms with Crippen LogP contribution in [0.2, 0.25) is 0 Å². The zero-order valence-corrected chi connectivity index (χ0v) is 10.0. The van der Waals surface area contributed by atoms with Gasteiger partial charge in [0, 0.05) is 6.92 Å². The second-order valence-electron chi connectivity index (χ2n) is 4.73. The second kappa shape index (κ2) is 3.40. The summed E-state index contributed by atoms with van der Waals surface area (Å²) in [6.45, 7) is 0.415. The fourth-order valence-corrected chi connectivity index (χ4v) is 4.24. The normalized spacial score (nSPS) is 44.3. The SMILES string of the molecule is CC(F)(F)C(=O)OC1C2CC3C(O2)C1OS3(=O)=O. The van der Waals surface area contributed by atoms with E-state index >= 15 is 0 Å². The first-order chi connectivity index (χ1) is 8.20. The number of esters is 1. The summed E-state index contributed by atoms with van der Waals surface area (Å²) in [6.07, 6.45) is -3.37. The van der Waals surface area contributed by atoms with E-state index in [2.05, 4.69) is 4.74 Å². The molecule has 3 heterocycles. The van der Waals surface area contributed by atoms with Crippen LogP contribution in [0.3, 0.4) is 0 Å². The van der Waals surface area contributed by atoms with Crippen molar-refractivity contribution in [3.05, 3.63) is 0 Å². The van der Waals surface area contributed by atoms with Gasteiger partial charge in [0.05, 0.1) is 6.10 Å². The van der Waals surface area contributed by atoms with Crippen molar-refractivity contribution in [1.29, 1.82) is 0 Å². The summed E-state index contributed by atoms with van der Waals surface area (Å²) in [5, 5.41) is -0.774. The molecule has 3 fully saturated rings. The maximum atomic E-state index is 12.7. The third kappa shape index (κ3) is 1.57. The molecule has 3 saturated heterocycles. The van der Waals surface area contributed by atoms with Gasteiger partial charge in [0.2, 0.25) is 0 Å². The van der Waals surface area contributed by atoms with Gasteiger partial charge < -0.3 is 9.47 Å². The Morgan fingerprint density at radius 3 is 2.67 bits per heavy atom. The molecule has 3 aliphatic heterocycles. The summed E-state index contributed by atoms with van der Waals surface area (Å²) in [4.78, 5) is 11.1. The average molecular weight is 284 g/mol. The highest BCUT2D eigenvalue weighted by molar-refractivity contribution is 7.87. The van der Waals surface area contributed by atoms with Crippen LogP contribution in [0.1, 0.15) is 13.3 Å². The summed E-state index contributed by atoms with van der Waals surface area (Å²) in [6, 6.07) is 0. The van der Waals surface area contributed by atoms with Crippen molar-refractivity contribution >= 4 is 16.1 Å². The van der Waals surface area contributed by atoms with Gasteiger partial charge in [-0.2, -0.15) is 17.2 Å². The molecule has 0 aliphatic carbocycles. The van der Waals surface area contributed by atoms with E-state index in [4.69, 9.17) is 8.92 Å². The van der Waals surface area contributed by atoms with Crippen LogP contribution >= 0.6 is 0 Å². The van der Waals surface area contributed by atoms with Gasteiger partial charge in [-0.15, -0.1) is 0 Å². The Labute approximate surface area is 101 Å². The Bertz CT molecular complexity index is 498. The minimum atomic E-state index is -3.74. The molecule has 0 aromatic heterocycles. The largest absolute Gasteiger partial charge is 0.452 e. The van der Waals surface area contributed by atoms with Gasteiger partial charge in [0.15, 0.2) is 6.10 Å². The van der Waals surface area contributed by atoms with E-state index in [0.29, 0.717) is 6.92 Å². The van der Waals surface area contributed by atoms with Gasteiger partial charge >= 0.3 is 11.9 Å². The molecular weight excluding hydrogens is 274 g/mol. The number of halogens is 2. The molecule has 3 aliphatic rings. The van der Waals surface area contributed by atoms with Crippen molar-refractivity contribution in [2.45, 2.75) is 48.9 Å². The number of hydrogen-bond acceptors (Lipinski definition) is 6. The average Bonchev–Trinajstić information content (AvgIpc) is 2.80. The minimum absolute atomic E-state index is 0.108. The van der Waals surface area contributed by atoms with Gasteiger partial charge in [-0.05, 0) is 6.42 Å². The van der Waals surface area contributed by atoms with Crippen LogP contribution in [-0.4, -0.2) is 50.0 Å². The van der Waals surface area contributed by atoms with E-state index in [1.165, 1.54) is 0 Å². The lowest BCUT2D eigenvalue weighted by molar-refractivity contribution is -0.180. The molecule has 0 aromatic rings. The lowest BCUT2D eigenvalue weighted by Gasteiger charge is -2.23. The molecule has 5 atom stereocenters. The topological polar surface area (TPSA) is 78.9 Å². The molecule has 0 aromatic carbocycles. The van der Waals surface area contributed by atoms with Crippen LogP contribution in [0.25, 0.3) is 0 Å². The van der Waals surface area contributed by atoms with Crippen molar-refractivity contribution in [3.8, 4) is 0 Å². The Morgan fingerprint density at radius 2 is 2.06 bits per heavy atom. The van der Waals surface area contributed by atoms with Gasteiger partial charge in [-0.1, -0.05) is 0 Å². The van der Waals surface area contributed by atoms with Crippen LogP contribution < -0.4 is 0 Å². The molecule has 0 radical (unpaired) electrons. The summed E-state index contributed by atoms with van der Waals surface area (Å²) in [5.74, 6) is -5.33. The number of alkyl halides is 2. The second-order valence-corrected chi connectivity index (χ2v) is 6.51. The molecule has 0 N–H and O–H groups in total. The highest BCUT2D eigenvalue weighted by Gasteiger charge is 2.67. The summed E-state index contributed by atoms with van der Waals surface area (Å²) >= 11 is 0. The number of rotatable bonds is 2. The Balaban J connectivity index is 1.80. The lowest BCUT2D eigenvalue weighted by Crippen LogP contribution is -2.44. The molecule has 0 saturated carbocycles. The number of hydrogen-bond donors (Lipinski definition) is 0. The van der Waals surface area contributed by atoms with Crippen molar-refractivity contribution < 1.29 is 35.6 Å². The highest BCUT2D eigenvalue weighted by Crippen LogP contribution is 2.48. The molecule has 3 rings (SSSR count). The number of carbonyl (C=O) groups is 1. The van der Waals surface area contributed by atoms with Crippen LogP contribution in [0.4, 0.5) is 8.78 Å². The number of fused-ring (bicyclic) bond motifs is 1. The van der Waals surface area contributed by atoms with Crippen molar-refractivity contribution in [1.82, 2.24) is 0 Å². The van der Waals surface area contributed by atoms with E-state index in [0.717, 1.165) is 0 Å².